The number of nitrogens with one attached hydrogen (secondary N) is 1. The number of hydrogen-bond donors (Lipinski definition) is 1. The molecule has 5 nitrogen and oxygen atoms in total. The molecular weight excluding hydrogens is 356 g/mol. The van der Waals surface area contributed by atoms with E-state index in [2.05, 4.69) is 5.32 Å². The number of aryl methyl sites for hydroxylation is 1. The Bertz CT molecular complexity index is 790. The lowest BCUT2D eigenvalue weighted by atomic mass is 10.2. The molecule has 1 atom stereocenters. The number of benzene rings is 2. The van der Waals surface area contributed by atoms with Gasteiger partial charge in [0, 0.05) is 6.42 Å². The lowest BCUT2D eigenvalue weighted by molar-refractivity contribution is -0.153. The Morgan fingerprint density at radius 1 is 1.11 bits per heavy atom. The van der Waals surface area contributed by atoms with E-state index in [1.54, 1.807) is 0 Å². The molecule has 0 unspecified atom stereocenters. The van der Waals surface area contributed by atoms with Gasteiger partial charge in [0.05, 0.1) is 6.61 Å². The first-order valence-corrected chi connectivity index (χ1v) is 8.50. The fourth-order valence-corrected chi connectivity index (χ4v) is 2.26. The second-order valence-corrected chi connectivity index (χ2v) is 5.99. The number of carbonyl (C=O) groups excluding carboxylic acids is 2. The molecule has 0 heterocycles. The molecule has 0 spiro atoms. The summed E-state index contributed by atoms with van der Waals surface area (Å²) in [6.07, 6.45) is -0.727. The van der Waals surface area contributed by atoms with Crippen LogP contribution in [0.2, 0.25) is 0 Å². The normalized spacial score (nSPS) is 11.6. The van der Waals surface area contributed by atoms with Crippen LogP contribution >= 0.6 is 0 Å². The standard InChI is InChI=1S/C20H21F2NO4/c1-13-6-3-7-15(12-13)26-11-5-10-18(24)27-14(2)20(25)23-19-16(21)8-4-9-17(19)22/h3-4,6-9,12,14H,5,10-11H2,1-2H3,(H,23,25)/t14-/m1/s1. The zero-order chi connectivity index (χ0) is 19.8. The molecule has 1 amide bonds. The van der Waals surface area contributed by atoms with Gasteiger partial charge in [-0.25, -0.2) is 8.78 Å². The van der Waals surface area contributed by atoms with E-state index in [4.69, 9.17) is 9.47 Å². The van der Waals surface area contributed by atoms with Crippen molar-refractivity contribution >= 4 is 17.6 Å². The molecule has 144 valence electrons. The van der Waals surface area contributed by atoms with E-state index < -0.39 is 35.3 Å². The molecule has 0 aliphatic heterocycles. The van der Waals surface area contributed by atoms with Gasteiger partial charge in [0.15, 0.2) is 6.10 Å². The molecule has 0 saturated carbocycles. The quantitative estimate of drug-likeness (QED) is 0.558. The van der Waals surface area contributed by atoms with Crippen LogP contribution in [0.15, 0.2) is 42.5 Å². The summed E-state index contributed by atoms with van der Waals surface area (Å²) in [6, 6.07) is 10.7. The van der Waals surface area contributed by atoms with E-state index in [1.165, 1.54) is 13.0 Å². The topological polar surface area (TPSA) is 64.6 Å². The number of para-hydroxylation sites is 1. The number of amides is 1. The van der Waals surface area contributed by atoms with Crippen molar-refractivity contribution in [3.05, 3.63) is 59.7 Å². The van der Waals surface area contributed by atoms with Crippen LogP contribution in [0, 0.1) is 18.6 Å². The smallest absolute Gasteiger partial charge is 0.306 e. The first-order valence-electron chi connectivity index (χ1n) is 8.50. The van der Waals surface area contributed by atoms with E-state index in [0.29, 0.717) is 18.8 Å². The van der Waals surface area contributed by atoms with Crippen molar-refractivity contribution in [2.75, 3.05) is 11.9 Å². The van der Waals surface area contributed by atoms with Crippen LogP contribution in [-0.4, -0.2) is 24.6 Å². The Hall–Kier alpha value is -2.96. The number of rotatable bonds is 8. The third-order valence-electron chi connectivity index (χ3n) is 3.67. The zero-order valence-electron chi connectivity index (χ0n) is 15.1. The van der Waals surface area contributed by atoms with Crippen molar-refractivity contribution in [3.8, 4) is 5.75 Å². The Kier molecular flexibility index (Phi) is 7.28. The molecule has 2 rings (SSSR count). The van der Waals surface area contributed by atoms with Gasteiger partial charge in [-0.3, -0.25) is 9.59 Å². The monoisotopic (exact) mass is 377 g/mol. The maximum Gasteiger partial charge on any atom is 0.306 e. The maximum atomic E-state index is 13.5. The molecule has 0 bridgehead atoms. The van der Waals surface area contributed by atoms with Gasteiger partial charge in [0.1, 0.15) is 23.1 Å². The van der Waals surface area contributed by atoms with Crippen molar-refractivity contribution in [2.45, 2.75) is 32.8 Å². The predicted molar refractivity (Wildman–Crippen MR) is 96.4 cm³/mol. The van der Waals surface area contributed by atoms with Crippen molar-refractivity contribution < 1.29 is 27.8 Å². The van der Waals surface area contributed by atoms with Gasteiger partial charge in [0.2, 0.25) is 0 Å². The van der Waals surface area contributed by atoms with E-state index in [0.717, 1.165) is 17.7 Å². The number of hydrogen-bond acceptors (Lipinski definition) is 4. The summed E-state index contributed by atoms with van der Waals surface area (Å²) in [5, 5.41) is 2.09. The van der Waals surface area contributed by atoms with E-state index >= 15 is 0 Å². The molecule has 7 heteroatoms. The Balaban J connectivity index is 1.73. The average Bonchev–Trinajstić information content (AvgIpc) is 2.62. The first kappa shape index (κ1) is 20.4. The second kappa shape index (κ2) is 9.66. The minimum atomic E-state index is -1.19. The molecule has 0 fully saturated rings. The Morgan fingerprint density at radius 3 is 2.44 bits per heavy atom. The summed E-state index contributed by atoms with van der Waals surface area (Å²) in [4.78, 5) is 23.8. The lowest BCUT2D eigenvalue weighted by Crippen LogP contribution is -2.30. The molecule has 2 aromatic rings. The fraction of sp³-hybridized carbons (Fsp3) is 0.300. The Morgan fingerprint density at radius 2 is 1.78 bits per heavy atom. The highest BCUT2D eigenvalue weighted by atomic mass is 19.1. The lowest BCUT2D eigenvalue weighted by Gasteiger charge is -2.14. The number of carbonyl (C=O) groups is 2. The van der Waals surface area contributed by atoms with Gasteiger partial charge in [-0.15, -0.1) is 0 Å². The molecule has 0 aliphatic rings. The van der Waals surface area contributed by atoms with Crippen LogP contribution < -0.4 is 10.1 Å². The van der Waals surface area contributed by atoms with Crippen LogP contribution in [0.4, 0.5) is 14.5 Å². The summed E-state index contributed by atoms with van der Waals surface area (Å²) < 4.78 is 37.6. The van der Waals surface area contributed by atoms with Crippen molar-refractivity contribution in [1.29, 1.82) is 0 Å². The Labute approximate surface area is 156 Å². The van der Waals surface area contributed by atoms with Gasteiger partial charge in [-0.2, -0.15) is 0 Å². The molecular formula is C20H21F2NO4. The van der Waals surface area contributed by atoms with Gasteiger partial charge < -0.3 is 14.8 Å². The van der Waals surface area contributed by atoms with Crippen LogP contribution in [0.5, 0.6) is 5.75 Å². The van der Waals surface area contributed by atoms with Crippen LogP contribution in [0.25, 0.3) is 0 Å². The van der Waals surface area contributed by atoms with Crippen LogP contribution in [0.1, 0.15) is 25.3 Å². The van der Waals surface area contributed by atoms with Crippen LogP contribution in [-0.2, 0) is 14.3 Å². The van der Waals surface area contributed by atoms with Gasteiger partial charge >= 0.3 is 5.97 Å². The van der Waals surface area contributed by atoms with E-state index in [-0.39, 0.29) is 6.42 Å². The van der Waals surface area contributed by atoms with E-state index in [9.17, 15) is 18.4 Å². The van der Waals surface area contributed by atoms with Gasteiger partial charge in [0.25, 0.3) is 5.91 Å². The number of anilines is 1. The first-order chi connectivity index (χ1) is 12.9. The molecule has 2 aromatic carbocycles. The highest BCUT2D eigenvalue weighted by Gasteiger charge is 2.20. The highest BCUT2D eigenvalue weighted by molar-refractivity contribution is 5.95. The summed E-state index contributed by atoms with van der Waals surface area (Å²) in [6.45, 7) is 3.60. The van der Waals surface area contributed by atoms with Crippen LogP contribution in [0.3, 0.4) is 0 Å². The minimum absolute atomic E-state index is 0.0531. The third-order valence-corrected chi connectivity index (χ3v) is 3.67. The van der Waals surface area contributed by atoms with E-state index in [1.807, 2.05) is 31.2 Å². The molecule has 0 aliphatic carbocycles. The fourth-order valence-electron chi connectivity index (χ4n) is 2.26. The molecule has 1 N–H and O–H groups in total. The largest absolute Gasteiger partial charge is 0.494 e. The van der Waals surface area contributed by atoms with Crippen molar-refractivity contribution in [3.63, 3.8) is 0 Å². The van der Waals surface area contributed by atoms with Gasteiger partial charge in [-0.1, -0.05) is 18.2 Å². The summed E-state index contributed by atoms with van der Waals surface area (Å²) in [7, 11) is 0. The predicted octanol–water partition coefficient (Wildman–Crippen LogP) is 4.00. The van der Waals surface area contributed by atoms with Crippen molar-refractivity contribution in [2.24, 2.45) is 0 Å². The average molecular weight is 377 g/mol. The van der Waals surface area contributed by atoms with Crippen molar-refractivity contribution in [1.82, 2.24) is 0 Å². The number of halogens is 2. The third kappa shape index (κ3) is 6.36. The number of esters is 1. The molecule has 0 saturated heterocycles. The maximum absolute atomic E-state index is 13.5. The zero-order valence-corrected chi connectivity index (χ0v) is 15.1. The molecule has 27 heavy (non-hydrogen) atoms. The second-order valence-electron chi connectivity index (χ2n) is 5.99. The minimum Gasteiger partial charge on any atom is -0.494 e. The van der Waals surface area contributed by atoms with Gasteiger partial charge in [-0.05, 0) is 50.1 Å². The molecule has 0 radical (unpaired) electrons. The molecule has 0 aromatic heterocycles. The SMILES string of the molecule is Cc1cccc(OCCCC(=O)O[C@H](C)C(=O)Nc2c(F)cccc2F)c1. The highest BCUT2D eigenvalue weighted by Crippen LogP contribution is 2.18. The number of ether oxygens (including phenoxy) is 2. The summed E-state index contributed by atoms with van der Waals surface area (Å²) >= 11 is 0. The summed E-state index contributed by atoms with van der Waals surface area (Å²) in [5.41, 5.74) is 0.495. The summed E-state index contributed by atoms with van der Waals surface area (Å²) in [5.74, 6) is -2.52.